The third-order valence-corrected chi connectivity index (χ3v) is 3.98. The van der Waals surface area contributed by atoms with Crippen molar-refractivity contribution in [1.29, 1.82) is 0 Å². The summed E-state index contributed by atoms with van der Waals surface area (Å²) in [5, 5.41) is 4.42. The van der Waals surface area contributed by atoms with E-state index >= 15 is 0 Å². The fraction of sp³-hybridized carbons (Fsp3) is 0.500. The number of rotatable bonds is 3. The minimum Gasteiger partial charge on any atom is -0.314 e. The summed E-state index contributed by atoms with van der Waals surface area (Å²) in [7, 11) is 0. The molecule has 1 heterocycles. The highest BCUT2D eigenvalue weighted by molar-refractivity contribution is 6.35. The van der Waals surface area contributed by atoms with Crippen molar-refractivity contribution >= 4 is 29.0 Å². The van der Waals surface area contributed by atoms with Crippen molar-refractivity contribution in [3.05, 3.63) is 33.8 Å². The molecule has 0 saturated carbocycles. The van der Waals surface area contributed by atoms with Gasteiger partial charge in [0, 0.05) is 23.0 Å². The first kappa shape index (κ1) is 13.9. The molecule has 1 aliphatic heterocycles. The van der Waals surface area contributed by atoms with Crippen LogP contribution < -0.4 is 5.32 Å². The minimum atomic E-state index is 0.0640. The smallest absolute Gasteiger partial charge is 0.165 e. The summed E-state index contributed by atoms with van der Waals surface area (Å²) in [5.74, 6) is 0.744. The molecular formula is C14H17Cl2NO. The number of hydrogen-bond donors (Lipinski definition) is 1. The largest absolute Gasteiger partial charge is 0.314 e. The first-order valence-corrected chi connectivity index (χ1v) is 7.03. The average Bonchev–Trinajstić information content (AvgIpc) is 2.32. The molecule has 2 rings (SSSR count). The minimum absolute atomic E-state index is 0.0640. The van der Waals surface area contributed by atoms with Crippen LogP contribution in [0.5, 0.6) is 0 Å². The van der Waals surface area contributed by atoms with Gasteiger partial charge in [-0.3, -0.25) is 4.79 Å². The second-order valence-electron chi connectivity index (χ2n) is 5.03. The summed E-state index contributed by atoms with van der Waals surface area (Å²) in [6.45, 7) is 3.22. The molecule has 0 aliphatic carbocycles. The predicted octanol–water partition coefficient (Wildman–Crippen LogP) is 3.95. The molecule has 1 aromatic rings. The van der Waals surface area contributed by atoms with E-state index in [-0.39, 0.29) is 11.8 Å². The van der Waals surface area contributed by atoms with Gasteiger partial charge in [0.05, 0.1) is 5.02 Å². The van der Waals surface area contributed by atoms with E-state index in [1.54, 1.807) is 18.2 Å². The molecule has 1 saturated heterocycles. The van der Waals surface area contributed by atoms with Crippen molar-refractivity contribution in [2.45, 2.75) is 32.2 Å². The molecular weight excluding hydrogens is 269 g/mol. The Labute approximate surface area is 118 Å². The van der Waals surface area contributed by atoms with Gasteiger partial charge < -0.3 is 5.32 Å². The second-order valence-corrected chi connectivity index (χ2v) is 5.88. The van der Waals surface area contributed by atoms with Gasteiger partial charge in [-0.25, -0.2) is 0 Å². The summed E-state index contributed by atoms with van der Waals surface area (Å²) < 4.78 is 0. The van der Waals surface area contributed by atoms with Crippen LogP contribution in [0.1, 0.15) is 36.5 Å². The Morgan fingerprint density at radius 1 is 1.44 bits per heavy atom. The Hall–Kier alpha value is -0.570. The number of piperidine rings is 1. The second kappa shape index (κ2) is 6.05. The van der Waals surface area contributed by atoms with Gasteiger partial charge in [0.15, 0.2) is 5.78 Å². The van der Waals surface area contributed by atoms with Gasteiger partial charge in [0.2, 0.25) is 0 Å². The van der Waals surface area contributed by atoms with E-state index in [1.165, 1.54) is 6.42 Å². The average molecular weight is 286 g/mol. The van der Waals surface area contributed by atoms with Gasteiger partial charge in [-0.05, 0) is 43.5 Å². The van der Waals surface area contributed by atoms with Crippen LogP contribution in [0.3, 0.4) is 0 Å². The van der Waals surface area contributed by atoms with Gasteiger partial charge in [-0.15, -0.1) is 0 Å². The molecule has 98 valence electrons. The molecule has 0 aromatic heterocycles. The topological polar surface area (TPSA) is 29.1 Å². The molecule has 1 N–H and O–H groups in total. The first-order valence-electron chi connectivity index (χ1n) is 6.28. The van der Waals surface area contributed by atoms with E-state index in [2.05, 4.69) is 12.2 Å². The number of Topliss-reactive ketones (excluding diaryl/α,β-unsaturated/α-hetero) is 1. The van der Waals surface area contributed by atoms with Crippen molar-refractivity contribution in [1.82, 2.24) is 5.32 Å². The number of carbonyl (C=O) groups excluding carboxylic acids is 1. The van der Waals surface area contributed by atoms with Gasteiger partial charge >= 0.3 is 0 Å². The maximum Gasteiger partial charge on any atom is 0.165 e. The molecule has 2 nitrogen and oxygen atoms in total. The van der Waals surface area contributed by atoms with Crippen molar-refractivity contribution in [2.24, 2.45) is 5.92 Å². The van der Waals surface area contributed by atoms with Crippen molar-refractivity contribution in [3.8, 4) is 0 Å². The summed E-state index contributed by atoms with van der Waals surface area (Å²) in [5.41, 5.74) is 0.532. The molecule has 4 heteroatoms. The third-order valence-electron chi connectivity index (χ3n) is 3.42. The molecule has 0 bridgehead atoms. The van der Waals surface area contributed by atoms with Gasteiger partial charge in [-0.2, -0.15) is 0 Å². The normalized spacial score (nSPS) is 23.9. The summed E-state index contributed by atoms with van der Waals surface area (Å²) in [4.78, 5) is 12.2. The van der Waals surface area contributed by atoms with Gasteiger partial charge in [0.25, 0.3) is 0 Å². The number of halogens is 2. The fourth-order valence-electron chi connectivity index (χ4n) is 2.42. The highest BCUT2D eigenvalue weighted by Crippen LogP contribution is 2.24. The van der Waals surface area contributed by atoms with Crippen molar-refractivity contribution in [2.75, 3.05) is 6.54 Å². The van der Waals surface area contributed by atoms with Crippen LogP contribution in [0, 0.1) is 5.92 Å². The van der Waals surface area contributed by atoms with Crippen LogP contribution in [-0.4, -0.2) is 18.4 Å². The lowest BCUT2D eigenvalue weighted by Gasteiger charge is -2.27. The Balaban J connectivity index is 2.05. The fourth-order valence-corrected chi connectivity index (χ4v) is 2.82. The molecule has 1 aliphatic rings. The highest BCUT2D eigenvalue weighted by atomic mass is 35.5. The Morgan fingerprint density at radius 3 is 2.94 bits per heavy atom. The van der Waals surface area contributed by atoms with E-state index in [1.807, 2.05) is 0 Å². The molecule has 1 fully saturated rings. The van der Waals surface area contributed by atoms with Crippen molar-refractivity contribution in [3.63, 3.8) is 0 Å². The van der Waals surface area contributed by atoms with Crippen LogP contribution in [0.25, 0.3) is 0 Å². The number of benzene rings is 1. The standard InChI is InChI=1S/C14H17Cl2NO/c1-9-4-5-17-11(6-9)8-14(18)12-7-10(15)2-3-13(12)16/h2-3,7,9,11,17H,4-6,8H2,1H3. The molecule has 0 radical (unpaired) electrons. The zero-order chi connectivity index (χ0) is 13.1. The lowest BCUT2D eigenvalue weighted by atomic mass is 9.90. The Morgan fingerprint density at radius 2 is 2.22 bits per heavy atom. The monoisotopic (exact) mass is 285 g/mol. The zero-order valence-electron chi connectivity index (χ0n) is 10.4. The first-order chi connectivity index (χ1) is 8.56. The Bertz CT molecular complexity index is 447. The lowest BCUT2D eigenvalue weighted by molar-refractivity contribution is 0.0959. The number of nitrogens with one attached hydrogen (secondary N) is 1. The number of ketones is 1. The van der Waals surface area contributed by atoms with Crippen LogP contribution in [0.15, 0.2) is 18.2 Å². The zero-order valence-corrected chi connectivity index (χ0v) is 11.9. The van der Waals surface area contributed by atoms with E-state index in [0.717, 1.165) is 13.0 Å². The molecule has 1 aromatic carbocycles. The van der Waals surface area contributed by atoms with E-state index in [4.69, 9.17) is 23.2 Å². The number of hydrogen-bond acceptors (Lipinski definition) is 2. The van der Waals surface area contributed by atoms with Gasteiger partial charge in [-0.1, -0.05) is 30.1 Å². The third kappa shape index (κ3) is 3.47. The summed E-state index contributed by atoms with van der Waals surface area (Å²) >= 11 is 11.9. The van der Waals surface area contributed by atoms with E-state index in [0.29, 0.717) is 27.9 Å². The lowest BCUT2D eigenvalue weighted by Crippen LogP contribution is -2.38. The van der Waals surface area contributed by atoms with Crippen molar-refractivity contribution < 1.29 is 4.79 Å². The van der Waals surface area contributed by atoms with Crippen LogP contribution in [0.2, 0.25) is 10.0 Å². The van der Waals surface area contributed by atoms with Crippen LogP contribution in [-0.2, 0) is 0 Å². The predicted molar refractivity (Wildman–Crippen MR) is 75.6 cm³/mol. The maximum atomic E-state index is 12.2. The maximum absolute atomic E-state index is 12.2. The van der Waals surface area contributed by atoms with E-state index in [9.17, 15) is 4.79 Å². The quantitative estimate of drug-likeness (QED) is 0.852. The Kier molecular flexibility index (Phi) is 4.66. The molecule has 0 amide bonds. The van der Waals surface area contributed by atoms with Gasteiger partial charge in [0.1, 0.15) is 0 Å². The SMILES string of the molecule is CC1CCNC(CC(=O)c2cc(Cl)ccc2Cl)C1. The summed E-state index contributed by atoms with van der Waals surface area (Å²) in [6.07, 6.45) is 2.72. The van der Waals surface area contributed by atoms with Crippen LogP contribution >= 0.6 is 23.2 Å². The number of carbonyl (C=O) groups is 1. The molecule has 0 spiro atoms. The van der Waals surface area contributed by atoms with E-state index < -0.39 is 0 Å². The molecule has 2 atom stereocenters. The highest BCUT2D eigenvalue weighted by Gasteiger charge is 2.22. The summed E-state index contributed by atoms with van der Waals surface area (Å²) in [6, 6.07) is 5.28. The molecule has 18 heavy (non-hydrogen) atoms. The van der Waals surface area contributed by atoms with Crippen LogP contribution in [0.4, 0.5) is 0 Å². The molecule has 2 unspecified atom stereocenters.